The minimum Gasteiger partial charge on any atom is -0.459 e. The lowest BCUT2D eigenvalue weighted by atomic mass is 10.1. The van der Waals surface area contributed by atoms with Gasteiger partial charge in [0.2, 0.25) is 10.0 Å². The van der Waals surface area contributed by atoms with Crippen molar-refractivity contribution in [1.29, 1.82) is 0 Å². The zero-order valence-corrected chi connectivity index (χ0v) is 13.7. The molecule has 3 rings (SSSR count). The molecule has 1 aromatic carbocycles. The van der Waals surface area contributed by atoms with Gasteiger partial charge in [0, 0.05) is 6.54 Å². The van der Waals surface area contributed by atoms with Crippen LogP contribution in [0.1, 0.15) is 12.8 Å². The van der Waals surface area contributed by atoms with Crippen molar-refractivity contribution in [2.75, 3.05) is 13.1 Å². The van der Waals surface area contributed by atoms with Crippen LogP contribution in [0.2, 0.25) is 0 Å². The van der Waals surface area contributed by atoms with E-state index in [0.29, 0.717) is 18.9 Å². The third-order valence-corrected chi connectivity index (χ3v) is 5.60. The number of piperidine rings is 1. The second kappa shape index (κ2) is 6.96. The van der Waals surface area contributed by atoms with Gasteiger partial charge < -0.3 is 4.74 Å². The van der Waals surface area contributed by atoms with Crippen molar-refractivity contribution in [2.24, 2.45) is 0 Å². The summed E-state index contributed by atoms with van der Waals surface area (Å²) < 4.78 is 71.0. The first kappa shape index (κ1) is 17.6. The lowest BCUT2D eigenvalue weighted by Gasteiger charge is -2.31. The third kappa shape index (κ3) is 3.90. The number of hydrogen-bond acceptors (Lipinski definition) is 5. The van der Waals surface area contributed by atoms with E-state index in [1.807, 2.05) is 0 Å². The fourth-order valence-corrected chi connectivity index (χ4v) is 4.04. The van der Waals surface area contributed by atoms with Crippen LogP contribution >= 0.6 is 0 Å². The highest BCUT2D eigenvalue weighted by molar-refractivity contribution is 7.89. The molecule has 1 aromatic heterocycles. The molecule has 2 aromatic rings. The highest BCUT2D eigenvalue weighted by atomic mass is 32.2. The lowest BCUT2D eigenvalue weighted by Crippen LogP contribution is -2.44. The average molecular weight is 373 g/mol. The van der Waals surface area contributed by atoms with Crippen molar-refractivity contribution >= 4 is 10.0 Å². The number of aromatic nitrogens is 2. The first-order valence-corrected chi connectivity index (χ1v) is 8.89. The Morgan fingerprint density at radius 1 is 1.12 bits per heavy atom. The Kier molecular flexibility index (Phi) is 4.91. The maximum Gasteiger partial charge on any atom is 0.316 e. The molecular formula is C15H14F3N3O3S. The van der Waals surface area contributed by atoms with Crippen LogP contribution in [-0.4, -0.2) is 41.9 Å². The Labute approximate surface area is 142 Å². The molecule has 1 unspecified atom stereocenters. The van der Waals surface area contributed by atoms with E-state index in [1.54, 1.807) is 0 Å². The number of rotatable bonds is 4. The normalized spacial score (nSPS) is 18.9. The van der Waals surface area contributed by atoms with E-state index in [2.05, 4.69) is 9.97 Å². The van der Waals surface area contributed by atoms with E-state index in [-0.39, 0.29) is 24.0 Å². The largest absolute Gasteiger partial charge is 0.459 e. The molecule has 1 aliphatic rings. The molecule has 0 saturated carbocycles. The Bertz CT molecular complexity index is 862. The van der Waals surface area contributed by atoms with Gasteiger partial charge in [-0.15, -0.1) is 0 Å². The van der Waals surface area contributed by atoms with Crippen LogP contribution in [-0.2, 0) is 10.0 Å². The summed E-state index contributed by atoms with van der Waals surface area (Å²) in [5.41, 5.74) is 0. The van der Waals surface area contributed by atoms with Crippen LogP contribution < -0.4 is 4.74 Å². The Hall–Kier alpha value is -2.20. The number of nitrogens with zero attached hydrogens (tertiary/aromatic N) is 3. The molecule has 0 spiro atoms. The number of hydrogen-bond donors (Lipinski definition) is 0. The lowest BCUT2D eigenvalue weighted by molar-refractivity contribution is 0.119. The summed E-state index contributed by atoms with van der Waals surface area (Å²) in [5, 5.41) is 0. The predicted octanol–water partition coefficient (Wildman–Crippen LogP) is 2.13. The van der Waals surface area contributed by atoms with E-state index in [9.17, 15) is 21.6 Å². The molecule has 0 aliphatic carbocycles. The minimum atomic E-state index is -3.99. The summed E-state index contributed by atoms with van der Waals surface area (Å²) >= 11 is 0. The van der Waals surface area contributed by atoms with Gasteiger partial charge in [-0.1, -0.05) is 0 Å². The molecule has 25 heavy (non-hydrogen) atoms. The van der Waals surface area contributed by atoms with Crippen LogP contribution in [0, 0.1) is 17.5 Å². The Morgan fingerprint density at radius 3 is 2.52 bits per heavy atom. The smallest absolute Gasteiger partial charge is 0.316 e. The van der Waals surface area contributed by atoms with E-state index < -0.39 is 33.6 Å². The molecule has 10 heteroatoms. The predicted molar refractivity (Wildman–Crippen MR) is 80.8 cm³/mol. The second-order valence-corrected chi connectivity index (χ2v) is 7.44. The van der Waals surface area contributed by atoms with Crippen molar-refractivity contribution in [1.82, 2.24) is 14.3 Å². The quantitative estimate of drug-likeness (QED) is 0.821. The Morgan fingerprint density at radius 2 is 1.84 bits per heavy atom. The molecule has 1 saturated heterocycles. The van der Waals surface area contributed by atoms with Gasteiger partial charge in [0.25, 0.3) is 0 Å². The molecule has 1 fully saturated rings. The van der Waals surface area contributed by atoms with E-state index >= 15 is 0 Å². The van der Waals surface area contributed by atoms with Crippen LogP contribution in [0.15, 0.2) is 35.5 Å². The first-order chi connectivity index (χ1) is 11.9. The zero-order chi connectivity index (χ0) is 18.0. The van der Waals surface area contributed by atoms with Gasteiger partial charge >= 0.3 is 6.01 Å². The van der Waals surface area contributed by atoms with Crippen molar-refractivity contribution in [2.45, 2.75) is 23.8 Å². The average Bonchev–Trinajstić information content (AvgIpc) is 2.59. The summed E-state index contributed by atoms with van der Waals surface area (Å²) in [6.07, 6.45) is 2.43. The zero-order valence-electron chi connectivity index (χ0n) is 12.9. The molecule has 1 aliphatic heterocycles. The van der Waals surface area contributed by atoms with Crippen molar-refractivity contribution < 1.29 is 26.3 Å². The standard InChI is InChI=1S/C15H14F3N3O3S/c16-10-7-19-15(20-8-10)24-11-2-1-5-21(9-11)25(22,23)12-3-4-13(17)14(18)6-12/h3-4,6-8,11H,1-2,5,9H2. The molecular weight excluding hydrogens is 359 g/mol. The van der Waals surface area contributed by atoms with Crippen LogP contribution in [0.25, 0.3) is 0 Å². The number of ether oxygens (including phenoxy) is 1. The molecule has 2 heterocycles. The maximum atomic E-state index is 13.3. The topological polar surface area (TPSA) is 72.4 Å². The molecule has 134 valence electrons. The number of halogens is 3. The van der Waals surface area contributed by atoms with E-state index in [0.717, 1.165) is 28.8 Å². The molecule has 0 bridgehead atoms. The fraction of sp³-hybridized carbons (Fsp3) is 0.333. The Balaban J connectivity index is 1.75. The third-order valence-electron chi connectivity index (χ3n) is 3.74. The number of sulfonamides is 1. The van der Waals surface area contributed by atoms with Gasteiger partial charge in [0.1, 0.15) is 6.10 Å². The summed E-state index contributed by atoms with van der Waals surface area (Å²) in [6, 6.07) is 2.38. The van der Waals surface area contributed by atoms with Gasteiger partial charge in [-0.2, -0.15) is 4.31 Å². The summed E-state index contributed by atoms with van der Waals surface area (Å²) in [6.45, 7) is 0.230. The van der Waals surface area contributed by atoms with Gasteiger partial charge in [0.05, 0.1) is 23.8 Å². The van der Waals surface area contributed by atoms with Crippen LogP contribution in [0.3, 0.4) is 0 Å². The monoisotopic (exact) mass is 373 g/mol. The molecule has 0 radical (unpaired) electrons. The maximum absolute atomic E-state index is 13.3. The van der Waals surface area contributed by atoms with Gasteiger partial charge in [0.15, 0.2) is 17.5 Å². The van der Waals surface area contributed by atoms with Gasteiger partial charge in [-0.25, -0.2) is 31.6 Å². The summed E-state index contributed by atoms with van der Waals surface area (Å²) in [7, 11) is -3.99. The summed E-state index contributed by atoms with van der Waals surface area (Å²) in [4.78, 5) is 7.01. The molecule has 1 atom stereocenters. The van der Waals surface area contributed by atoms with Gasteiger partial charge in [-0.3, -0.25) is 0 Å². The highest BCUT2D eigenvalue weighted by Crippen LogP contribution is 2.23. The first-order valence-electron chi connectivity index (χ1n) is 7.45. The van der Waals surface area contributed by atoms with E-state index in [4.69, 9.17) is 4.74 Å². The highest BCUT2D eigenvalue weighted by Gasteiger charge is 2.32. The number of benzene rings is 1. The minimum absolute atomic E-state index is 0.00205. The van der Waals surface area contributed by atoms with Crippen molar-refractivity contribution in [3.8, 4) is 6.01 Å². The fourth-order valence-electron chi connectivity index (χ4n) is 2.52. The molecule has 0 amide bonds. The van der Waals surface area contributed by atoms with Gasteiger partial charge in [-0.05, 0) is 31.0 Å². The summed E-state index contributed by atoms with van der Waals surface area (Å²) in [5.74, 6) is -2.96. The second-order valence-electron chi connectivity index (χ2n) is 5.50. The SMILES string of the molecule is O=S(=O)(c1ccc(F)c(F)c1)N1CCCC(Oc2ncc(F)cn2)C1. The van der Waals surface area contributed by atoms with Crippen molar-refractivity contribution in [3.05, 3.63) is 48.0 Å². The van der Waals surface area contributed by atoms with Crippen LogP contribution in [0.5, 0.6) is 6.01 Å². The molecule has 6 nitrogen and oxygen atoms in total. The van der Waals surface area contributed by atoms with Crippen molar-refractivity contribution in [3.63, 3.8) is 0 Å². The van der Waals surface area contributed by atoms with Crippen LogP contribution in [0.4, 0.5) is 13.2 Å². The van der Waals surface area contributed by atoms with E-state index in [1.165, 1.54) is 0 Å². The molecule has 0 N–H and O–H groups in total.